The van der Waals surface area contributed by atoms with E-state index in [1.165, 1.54) is 20.3 Å². The highest BCUT2D eigenvalue weighted by Gasteiger charge is 2.34. The molecule has 0 atom stereocenters. The van der Waals surface area contributed by atoms with Crippen molar-refractivity contribution in [3.05, 3.63) is 305 Å². The summed E-state index contributed by atoms with van der Waals surface area (Å²) in [4.78, 5) is 130. The minimum Gasteiger partial charge on any atom is -0.496 e. The fraction of sp³-hybridized carbons (Fsp3) is 0.271. The van der Waals surface area contributed by atoms with Gasteiger partial charge in [-0.2, -0.15) is 146 Å². The van der Waals surface area contributed by atoms with Gasteiger partial charge in [0.05, 0.1) is 83.5 Å². The maximum absolute atomic E-state index is 12.3. The van der Waals surface area contributed by atoms with Crippen LogP contribution < -0.4 is 19.2 Å². The summed E-state index contributed by atoms with van der Waals surface area (Å²) >= 11 is 60.0. The van der Waals surface area contributed by atoms with Gasteiger partial charge in [0.2, 0.25) is 0 Å². The van der Waals surface area contributed by atoms with Crippen molar-refractivity contribution in [3.63, 3.8) is 0 Å². The Bertz CT molecular complexity index is 6320. The number of thiophene rings is 1. The number of nitriles is 1. The molecule has 6 aromatic carbocycles. The van der Waals surface area contributed by atoms with Crippen LogP contribution in [0.15, 0.2) is 211 Å². The van der Waals surface area contributed by atoms with Gasteiger partial charge in [-0.1, -0.05) is 136 Å². The molecule has 6 heterocycles. The maximum atomic E-state index is 12.3. The van der Waals surface area contributed by atoms with E-state index in [9.17, 15) is 69.5 Å². The first-order chi connectivity index (χ1) is 66.0. The summed E-state index contributed by atoms with van der Waals surface area (Å²) in [7, 11) is 0.670. The van der Waals surface area contributed by atoms with Crippen LogP contribution in [0.1, 0.15) is 90.5 Å². The van der Waals surface area contributed by atoms with Crippen molar-refractivity contribution < 1.29 is 83.1 Å². The monoisotopic (exact) mass is 2370 g/mol. The first-order valence-electron chi connectivity index (χ1n) is 40.6. The zero-order chi connectivity index (χ0) is 104. The van der Waals surface area contributed by atoms with E-state index in [0.29, 0.717) is 83.2 Å². The zero-order valence-corrected chi connectivity index (χ0v) is 92.0. The highest BCUT2D eigenvalue weighted by molar-refractivity contribution is 9.11. The predicted octanol–water partition coefficient (Wildman–Crippen LogP) is 20.7. The molecule has 44 heteroatoms. The molecule has 6 aromatic heterocycles. The third kappa shape index (κ3) is 46.2. The lowest BCUT2D eigenvalue weighted by molar-refractivity contribution is -0.141. The Hall–Kier alpha value is -8.33. The molecule has 0 saturated carbocycles. The van der Waals surface area contributed by atoms with Crippen LogP contribution in [0.25, 0.3) is 21.7 Å². The van der Waals surface area contributed by atoms with E-state index in [4.69, 9.17) is 46.9 Å². The van der Waals surface area contributed by atoms with E-state index >= 15 is 0 Å². The van der Waals surface area contributed by atoms with Gasteiger partial charge >= 0.3 is 16.3 Å². The Morgan fingerprint density at radius 2 is 1.09 bits per heavy atom. The lowest BCUT2D eigenvalue weighted by Gasteiger charge is -2.11. The summed E-state index contributed by atoms with van der Waals surface area (Å²) in [5.74, 6) is 3.39. The number of hydrogen-bond donors (Lipinski definition) is 10. The Morgan fingerprint density at radius 1 is 0.557 bits per heavy atom. The number of methoxy groups -OCH3 is 3. The molecular formula is C96H100Br3Cl2F3N8O16S12. The SMILES string of the molecule is C.C=C(OC)c1scc(C)c1CC(=O)CS.COc1cc(CC(=O)CS)c(OC)cc1Cl.Cc1cc(CC(=O)CS)n(-c2ccccc2)n1.Cc1cnc(CC(=O)CS)c(Br)c1.N#Cc1ccc(CC(=O)CS)cn1.O=C(CS)Cc1ccc(Cl)cc1Br.O=C(CS)Cc1ccccc1S(=O)(=O)Oc1ccccc1.O=C(CS)Cc1nc(C(F)(F)F)cc(=O)[nH]1.O=C(CS)Cc1nc2ccc(Br)cc2s1. The number of hydrogen-bond acceptors (Lipinski definition) is 33. The van der Waals surface area contributed by atoms with Gasteiger partial charge in [0.1, 0.15) is 103 Å². The van der Waals surface area contributed by atoms with Gasteiger partial charge in [0.15, 0.2) is 5.69 Å². The van der Waals surface area contributed by atoms with Crippen LogP contribution in [-0.2, 0) is 122 Å². The van der Waals surface area contributed by atoms with E-state index in [0.717, 1.165) is 89.7 Å². The number of aromatic amines is 1. The highest BCUT2D eigenvalue weighted by atomic mass is 79.9. The van der Waals surface area contributed by atoms with Crippen LogP contribution >= 0.6 is 207 Å². The molecule has 0 aliphatic carbocycles. The number of ether oxygens (including phenoxy) is 3. The summed E-state index contributed by atoms with van der Waals surface area (Å²) in [5, 5.41) is 16.9. The average Bonchev–Trinajstić information content (AvgIpc) is 1.38. The average molecular weight is 2370 g/mol. The Morgan fingerprint density at radius 3 is 1.64 bits per heavy atom. The largest absolute Gasteiger partial charge is 0.496 e. The van der Waals surface area contributed by atoms with Crippen molar-refractivity contribution in [3.8, 4) is 29.0 Å². The summed E-state index contributed by atoms with van der Waals surface area (Å²) < 4.78 is 87.6. The van der Waals surface area contributed by atoms with Crippen LogP contribution in [0.5, 0.6) is 17.2 Å². The van der Waals surface area contributed by atoms with Crippen molar-refractivity contribution in [1.29, 1.82) is 5.26 Å². The number of thiol groups is 9. The smallest absolute Gasteiger partial charge is 0.433 e. The minimum atomic E-state index is -4.70. The molecule has 0 aliphatic rings. The number of aromatic nitrogens is 7. The number of aryl methyl sites for hydroxylation is 3. The van der Waals surface area contributed by atoms with E-state index < -0.39 is 33.3 Å². The first-order valence-corrected chi connectivity index (χ1v) is 52.6. The molecule has 12 rings (SSSR count). The van der Waals surface area contributed by atoms with Crippen LogP contribution in [0, 0.1) is 32.1 Å². The molecule has 0 saturated heterocycles. The second-order valence-corrected chi connectivity index (χ2v) is 38.5. The number of benzene rings is 6. The van der Waals surface area contributed by atoms with Crippen LogP contribution in [0.2, 0.25) is 10.0 Å². The molecule has 12 aromatic rings. The lowest BCUT2D eigenvalue weighted by atomic mass is 10.1. The number of halogens is 8. The normalized spacial score (nSPS) is 10.4. The molecule has 0 bridgehead atoms. The van der Waals surface area contributed by atoms with E-state index in [-0.39, 0.29) is 141 Å². The standard InChI is InChI=1S/C15H14O4S2.C13H14N2OS.C11H13ClO3S.C11H14O2S2.C10H8BrNOS2.C9H8BrClOS.C9H10BrNOS.C9H8N2OS.C8H7F3N2O2S.CH4/c16-13(11-20)10-12-6-4-5-9-15(12)21(17,18)19-14-7-2-1-3-8-14;1-10-7-12(8-13(16)9-17)15(14-10)11-5-3-2-4-6-11;1-14-10-5-9(12)11(15-2)4-7(10)3-8(13)6-16;1-7-6-15-11(8(2)13-3)10(7)4-9(12)5-14;11-6-1-2-8-9(3-6)15-10(12-8)4-7(13)5-14;10-9-4-7(11)2-1-6(9)3-8(12)5-13;1-6-2-8(10)9(11-4-6)3-7(12)5-13;10-4-8-2-1-7(5-11-8)3-9(12)6-13;9-8(10,11)5-2-7(15)13-6(12-5)1-4(14)3-16;/h1-9,20H,10-11H2;2-7,17H,8-9H2,1H3;4-5,16H,3,6H2,1-2H3;6,14H,2,4-5H2,1,3H3;1-3,14H,4-5H2;1-2,4,13H,3,5H2;2,4,13H,3,5H2,1H3;1-2,5,13H,3,6H2;2,16H,1,3H2,(H,12,13,15);1H4. The number of nitrogens with one attached hydrogen (secondary N) is 1. The minimum absolute atomic E-state index is 0. The van der Waals surface area contributed by atoms with Gasteiger partial charge in [-0.15, -0.1) is 22.7 Å². The fourth-order valence-corrected chi connectivity index (χ4v) is 17.5. The number of carbonyl (C=O) groups excluding carboxylic acids is 9. The van der Waals surface area contributed by atoms with Gasteiger partial charge in [0.25, 0.3) is 5.56 Å². The first kappa shape index (κ1) is 126. The molecular weight excluding hydrogens is 2270 g/mol. The molecule has 0 aliphatic heterocycles. The molecule has 24 nitrogen and oxygen atoms in total. The van der Waals surface area contributed by atoms with Crippen molar-refractivity contribution in [2.24, 2.45) is 0 Å². The second-order valence-electron chi connectivity index (χ2n) is 28.6. The molecule has 0 radical (unpaired) electrons. The Kier molecular flexibility index (Phi) is 59.8. The number of rotatable bonds is 35. The zero-order valence-electron chi connectivity index (χ0n) is 75.2. The van der Waals surface area contributed by atoms with E-state index in [1.54, 1.807) is 127 Å². The van der Waals surface area contributed by atoms with Crippen molar-refractivity contribution in [2.45, 2.75) is 97.1 Å². The number of Topliss-reactive ketones (excluding diaryl/α,β-unsaturated/α-hetero) is 9. The quantitative estimate of drug-likeness (QED) is 0.0100. The molecule has 140 heavy (non-hydrogen) atoms. The number of alkyl halides is 3. The second kappa shape index (κ2) is 66.6. The molecule has 0 spiro atoms. The van der Waals surface area contributed by atoms with Crippen molar-refractivity contribution in [1.82, 2.24) is 34.7 Å². The molecule has 0 fully saturated rings. The highest BCUT2D eigenvalue weighted by Crippen LogP contribution is 2.35. The van der Waals surface area contributed by atoms with Crippen LogP contribution in [-0.4, -0.2) is 168 Å². The van der Waals surface area contributed by atoms with Gasteiger partial charge in [0, 0.05) is 139 Å². The Labute approximate surface area is 903 Å². The van der Waals surface area contributed by atoms with E-state index in [1.807, 2.05) is 104 Å². The number of thiazole rings is 1. The number of ketones is 9. The summed E-state index contributed by atoms with van der Waals surface area (Å²) in [6, 6.07) is 48.5. The van der Waals surface area contributed by atoms with Crippen LogP contribution in [0.4, 0.5) is 13.2 Å². The van der Waals surface area contributed by atoms with Crippen LogP contribution in [0.3, 0.4) is 0 Å². The van der Waals surface area contributed by atoms with E-state index in [2.05, 4.69) is 198 Å². The number of fused-ring (bicyclic) bond motifs is 1. The summed E-state index contributed by atoms with van der Waals surface area (Å²) in [6.45, 7) is 9.68. The molecule has 748 valence electrons. The van der Waals surface area contributed by atoms with Gasteiger partial charge in [-0.25, -0.2) is 19.6 Å². The third-order valence-corrected chi connectivity index (χ3v) is 26.9. The number of nitrogens with zero attached hydrogens (tertiary/aromatic N) is 7. The van der Waals surface area contributed by atoms with Crippen molar-refractivity contribution in [2.75, 3.05) is 73.1 Å². The Balaban J connectivity index is 0.000000406. The number of pyridine rings is 2. The van der Waals surface area contributed by atoms with Crippen molar-refractivity contribution >= 4 is 285 Å². The maximum Gasteiger partial charge on any atom is 0.433 e. The fourth-order valence-electron chi connectivity index (χ4n) is 11.1. The van der Waals surface area contributed by atoms with Gasteiger partial charge in [-0.3, -0.25) is 52.9 Å². The number of carbonyl (C=O) groups is 9. The summed E-state index contributed by atoms with van der Waals surface area (Å²) in [5.41, 5.74) is 8.78. The topological polar surface area (TPSA) is 351 Å². The molecule has 0 amide bonds. The summed E-state index contributed by atoms with van der Waals surface area (Å²) in [6.07, 6.45) is 0.767. The number of H-pyrrole nitrogens is 1. The molecule has 0 unspecified atom stereocenters. The van der Waals surface area contributed by atoms with Gasteiger partial charge < -0.3 is 23.4 Å². The predicted molar refractivity (Wildman–Crippen MR) is 590 cm³/mol. The lowest BCUT2D eigenvalue weighted by Crippen LogP contribution is -2.20. The van der Waals surface area contributed by atoms with Gasteiger partial charge in [-0.05, 0) is 160 Å². The number of para-hydroxylation sites is 2. The molecule has 1 N–H and O–H groups in total. The third-order valence-electron chi connectivity index (χ3n) is 17.7.